The molecule has 0 aromatic heterocycles. The molecule has 9 nitrogen and oxygen atoms in total. The van der Waals surface area contributed by atoms with Gasteiger partial charge >= 0.3 is 0 Å². The van der Waals surface area contributed by atoms with E-state index in [0.29, 0.717) is 6.42 Å². The maximum Gasteiger partial charge on any atom is 0.220 e. The summed E-state index contributed by atoms with van der Waals surface area (Å²) in [5.74, 6) is -0.179. The first-order chi connectivity index (χ1) is 35.8. The summed E-state index contributed by atoms with van der Waals surface area (Å²) in [6.45, 7) is 3.81. The number of aliphatic hydroxyl groups is 5. The van der Waals surface area contributed by atoms with Crippen LogP contribution in [-0.4, -0.2) is 87.5 Å². The van der Waals surface area contributed by atoms with Crippen LogP contribution in [-0.2, 0) is 14.3 Å². The van der Waals surface area contributed by atoms with Crippen LogP contribution in [0.4, 0.5) is 0 Å². The Morgan fingerprint density at radius 3 is 1.15 bits per heavy atom. The Balaban J connectivity index is 2.16. The van der Waals surface area contributed by atoms with Crippen molar-refractivity contribution in [2.24, 2.45) is 0 Å². The van der Waals surface area contributed by atoms with Gasteiger partial charge in [0.25, 0.3) is 0 Å². The highest BCUT2D eigenvalue weighted by Gasteiger charge is 2.44. The first-order valence-electron chi connectivity index (χ1n) is 32.1. The van der Waals surface area contributed by atoms with E-state index in [1.54, 1.807) is 6.08 Å². The predicted molar refractivity (Wildman–Crippen MR) is 309 cm³/mol. The van der Waals surface area contributed by atoms with E-state index in [0.717, 1.165) is 38.5 Å². The first kappa shape index (κ1) is 69.7. The maximum atomic E-state index is 13.1. The Kier molecular flexibility index (Phi) is 51.6. The number of nitrogens with one attached hydrogen (secondary N) is 1. The lowest BCUT2D eigenvalue weighted by Crippen LogP contribution is -2.60. The number of hydrogen-bond acceptors (Lipinski definition) is 8. The van der Waals surface area contributed by atoms with Crippen LogP contribution in [0.15, 0.2) is 24.3 Å². The van der Waals surface area contributed by atoms with Gasteiger partial charge < -0.3 is 40.3 Å². The average molecular weight is 1030 g/mol. The van der Waals surface area contributed by atoms with Crippen LogP contribution >= 0.6 is 0 Å². The van der Waals surface area contributed by atoms with Crippen LogP contribution < -0.4 is 5.32 Å². The van der Waals surface area contributed by atoms with Crippen LogP contribution in [0, 0.1) is 0 Å². The number of unbranched alkanes of at least 4 members (excludes halogenated alkanes) is 44. The smallest absolute Gasteiger partial charge is 0.220 e. The number of hydrogen-bond donors (Lipinski definition) is 6. The van der Waals surface area contributed by atoms with Gasteiger partial charge in [-0.05, 0) is 32.1 Å². The first-order valence-corrected chi connectivity index (χ1v) is 32.1. The minimum atomic E-state index is -1.57. The second-order valence-electron chi connectivity index (χ2n) is 22.6. The molecule has 0 bridgehead atoms. The van der Waals surface area contributed by atoms with E-state index in [9.17, 15) is 30.3 Å². The summed E-state index contributed by atoms with van der Waals surface area (Å²) in [6.07, 6.45) is 62.7. The lowest BCUT2D eigenvalue weighted by Gasteiger charge is -2.40. The fourth-order valence-electron chi connectivity index (χ4n) is 10.5. The average Bonchev–Trinajstić information content (AvgIpc) is 3.39. The van der Waals surface area contributed by atoms with Crippen LogP contribution in [0.3, 0.4) is 0 Å². The van der Waals surface area contributed by atoms with E-state index < -0.39 is 49.5 Å². The van der Waals surface area contributed by atoms with E-state index in [1.165, 1.54) is 263 Å². The fraction of sp³-hybridized carbons (Fsp3) is 0.922. The Morgan fingerprint density at radius 1 is 0.452 bits per heavy atom. The van der Waals surface area contributed by atoms with Gasteiger partial charge in [-0.2, -0.15) is 0 Å². The molecule has 73 heavy (non-hydrogen) atoms. The highest BCUT2D eigenvalue weighted by atomic mass is 16.7. The summed E-state index contributed by atoms with van der Waals surface area (Å²) in [6, 6.07) is -0.819. The number of amides is 1. The van der Waals surface area contributed by atoms with Gasteiger partial charge in [-0.1, -0.05) is 308 Å². The quantitative estimate of drug-likeness (QED) is 0.0261. The molecule has 1 rings (SSSR count). The van der Waals surface area contributed by atoms with Gasteiger partial charge in [0.1, 0.15) is 24.4 Å². The molecule has 1 saturated heterocycles. The second-order valence-corrected chi connectivity index (χ2v) is 22.6. The van der Waals surface area contributed by atoms with Crippen LogP contribution in [0.1, 0.15) is 322 Å². The summed E-state index contributed by atoms with van der Waals surface area (Å²) < 4.78 is 11.3. The summed E-state index contributed by atoms with van der Waals surface area (Å²) in [5.41, 5.74) is 0. The molecule has 1 amide bonds. The molecule has 1 fully saturated rings. The Morgan fingerprint density at radius 2 is 0.781 bits per heavy atom. The third-order valence-electron chi connectivity index (χ3n) is 15.5. The van der Waals surface area contributed by atoms with Gasteiger partial charge in [0.05, 0.1) is 25.4 Å². The Bertz CT molecular complexity index is 1200. The standard InChI is InChI=1S/C64H123NO8/c1-3-5-7-9-11-13-15-17-19-21-23-25-26-27-28-29-30-31-32-34-36-38-40-42-44-46-48-50-52-54-60(68)65-57(56-72-64-63(71)62(70)61(69)59(55-66)73-64)58(67)53-51-49-47-45-43-41-39-37-35-33-24-22-20-18-16-14-12-10-8-6-4-2/h43,45,51,53,57-59,61-64,66-67,69-71H,3-42,44,46-50,52,54-56H2,1-2H3,(H,65,68)/b45-43+,53-51+. The van der Waals surface area contributed by atoms with E-state index in [2.05, 4.69) is 31.3 Å². The van der Waals surface area contributed by atoms with Crippen molar-refractivity contribution in [3.05, 3.63) is 24.3 Å². The molecule has 0 aromatic carbocycles. The second kappa shape index (κ2) is 54.0. The highest BCUT2D eigenvalue weighted by molar-refractivity contribution is 5.76. The van der Waals surface area contributed by atoms with Crippen LogP contribution in [0.25, 0.3) is 0 Å². The Hall–Kier alpha value is -1.33. The van der Waals surface area contributed by atoms with Crippen molar-refractivity contribution in [3.63, 3.8) is 0 Å². The van der Waals surface area contributed by atoms with Gasteiger partial charge in [-0.3, -0.25) is 4.79 Å². The zero-order chi connectivity index (χ0) is 52.9. The molecule has 6 N–H and O–H groups in total. The lowest BCUT2D eigenvalue weighted by molar-refractivity contribution is -0.302. The van der Waals surface area contributed by atoms with Crippen molar-refractivity contribution < 1.29 is 39.8 Å². The normalized spacial score (nSPS) is 19.1. The molecule has 432 valence electrons. The van der Waals surface area contributed by atoms with Crippen LogP contribution in [0.2, 0.25) is 0 Å². The predicted octanol–water partition coefficient (Wildman–Crippen LogP) is 16.5. The SMILES string of the molecule is CCCCCCCCCCCCCCCCC/C=C/CC/C=C/C(O)C(COC1OC(CO)C(O)C(O)C1O)NC(=O)CCCCCCCCCCCCCCCCCCCCCCCCCCCCCCC. The van der Waals surface area contributed by atoms with E-state index in [-0.39, 0.29) is 12.5 Å². The van der Waals surface area contributed by atoms with Crippen molar-refractivity contribution in [1.82, 2.24) is 5.32 Å². The molecule has 0 aliphatic carbocycles. The third-order valence-corrected chi connectivity index (χ3v) is 15.5. The van der Waals surface area contributed by atoms with Crippen molar-refractivity contribution in [3.8, 4) is 0 Å². The molecule has 1 aliphatic rings. The highest BCUT2D eigenvalue weighted by Crippen LogP contribution is 2.23. The van der Waals surface area contributed by atoms with Gasteiger partial charge in [-0.25, -0.2) is 0 Å². The molecule has 0 spiro atoms. The molecule has 7 atom stereocenters. The molecule has 1 aliphatic heterocycles. The fourth-order valence-corrected chi connectivity index (χ4v) is 10.5. The minimum absolute atomic E-state index is 0.179. The molecular weight excluding hydrogens is 911 g/mol. The molecule has 0 aromatic rings. The van der Waals surface area contributed by atoms with Gasteiger partial charge in [-0.15, -0.1) is 0 Å². The summed E-state index contributed by atoms with van der Waals surface area (Å²) in [7, 11) is 0. The molecule has 1 heterocycles. The number of carbonyl (C=O) groups is 1. The summed E-state index contributed by atoms with van der Waals surface area (Å²) in [5, 5.41) is 54.6. The molecular formula is C64H123NO8. The molecule has 9 heteroatoms. The summed E-state index contributed by atoms with van der Waals surface area (Å²) >= 11 is 0. The largest absolute Gasteiger partial charge is 0.394 e. The van der Waals surface area contributed by atoms with E-state index >= 15 is 0 Å². The van der Waals surface area contributed by atoms with Crippen molar-refractivity contribution in [2.75, 3.05) is 13.2 Å². The van der Waals surface area contributed by atoms with Crippen LogP contribution in [0.5, 0.6) is 0 Å². The number of aliphatic hydroxyl groups excluding tert-OH is 5. The molecule has 0 radical (unpaired) electrons. The Labute approximate surface area is 451 Å². The van der Waals surface area contributed by atoms with E-state index in [1.807, 2.05) is 6.08 Å². The zero-order valence-electron chi connectivity index (χ0n) is 48.2. The van der Waals surface area contributed by atoms with E-state index in [4.69, 9.17) is 9.47 Å². The van der Waals surface area contributed by atoms with Gasteiger partial charge in [0.2, 0.25) is 5.91 Å². The minimum Gasteiger partial charge on any atom is -0.394 e. The van der Waals surface area contributed by atoms with Gasteiger partial charge in [0.15, 0.2) is 6.29 Å². The molecule has 0 saturated carbocycles. The number of allylic oxidation sites excluding steroid dienone is 3. The number of carbonyl (C=O) groups excluding carboxylic acids is 1. The van der Waals surface area contributed by atoms with Crippen molar-refractivity contribution >= 4 is 5.91 Å². The topological polar surface area (TPSA) is 149 Å². The number of rotatable bonds is 56. The molecule has 7 unspecified atom stereocenters. The summed E-state index contributed by atoms with van der Waals surface area (Å²) in [4.78, 5) is 13.1. The maximum absolute atomic E-state index is 13.1. The van der Waals surface area contributed by atoms with Crippen molar-refractivity contribution in [2.45, 2.75) is 365 Å². The number of ether oxygens (including phenoxy) is 2. The van der Waals surface area contributed by atoms with Gasteiger partial charge in [0, 0.05) is 6.42 Å². The monoisotopic (exact) mass is 1030 g/mol. The zero-order valence-corrected chi connectivity index (χ0v) is 48.2. The third kappa shape index (κ3) is 43.4. The lowest BCUT2D eigenvalue weighted by atomic mass is 9.99. The van der Waals surface area contributed by atoms with Crippen molar-refractivity contribution in [1.29, 1.82) is 0 Å².